The summed E-state index contributed by atoms with van der Waals surface area (Å²) in [6, 6.07) is 0. The largest absolute Gasteiger partial charge is 0.386 e. The fourth-order valence-corrected chi connectivity index (χ4v) is 1.51. The van der Waals surface area contributed by atoms with Crippen LogP contribution in [0.25, 0.3) is 0 Å². The van der Waals surface area contributed by atoms with Crippen molar-refractivity contribution in [3.63, 3.8) is 0 Å². The van der Waals surface area contributed by atoms with Gasteiger partial charge in [-0.1, -0.05) is 18.4 Å². The van der Waals surface area contributed by atoms with Crippen LogP contribution in [0.1, 0.15) is 6.92 Å². The van der Waals surface area contributed by atoms with Gasteiger partial charge in [0.25, 0.3) is 0 Å². The normalized spacial score (nSPS) is 38.9. The summed E-state index contributed by atoms with van der Waals surface area (Å²) in [7, 11) is 0. The lowest BCUT2D eigenvalue weighted by Gasteiger charge is -2.14. The smallest absolute Gasteiger partial charge is 0.118 e. The number of rotatable bonds is 0. The van der Waals surface area contributed by atoms with E-state index in [0.717, 1.165) is 5.57 Å². The molecule has 1 aliphatic carbocycles. The van der Waals surface area contributed by atoms with Gasteiger partial charge < -0.3 is 14.9 Å². The molecule has 4 atom stereocenters. The van der Waals surface area contributed by atoms with Gasteiger partial charge in [-0.15, -0.1) is 0 Å². The van der Waals surface area contributed by atoms with Gasteiger partial charge in [-0.3, -0.25) is 0 Å². The van der Waals surface area contributed by atoms with Gasteiger partial charge >= 0.3 is 0 Å². The van der Waals surface area contributed by atoms with Crippen LogP contribution in [-0.2, 0) is 4.74 Å². The molecule has 2 N–H and O–H groups in total. The lowest BCUT2D eigenvalue weighted by Crippen LogP contribution is -2.29. The van der Waals surface area contributed by atoms with E-state index in [2.05, 4.69) is 18.4 Å². The number of fused-ring (bicyclic) bond motifs is 1. The van der Waals surface area contributed by atoms with Crippen molar-refractivity contribution < 1.29 is 14.9 Å². The van der Waals surface area contributed by atoms with E-state index < -0.39 is 12.2 Å². The molecule has 14 heavy (non-hydrogen) atoms. The summed E-state index contributed by atoms with van der Waals surface area (Å²) in [5, 5.41) is 19.1. The second-order valence-corrected chi connectivity index (χ2v) is 3.65. The van der Waals surface area contributed by atoms with Crippen molar-refractivity contribution in [1.29, 1.82) is 0 Å². The van der Waals surface area contributed by atoms with Gasteiger partial charge in [0.15, 0.2) is 0 Å². The lowest BCUT2D eigenvalue weighted by molar-refractivity contribution is 0.167. The molecule has 1 heterocycles. The van der Waals surface area contributed by atoms with Crippen LogP contribution in [0.3, 0.4) is 0 Å². The minimum Gasteiger partial charge on any atom is -0.386 e. The zero-order valence-electron chi connectivity index (χ0n) is 7.90. The number of aliphatic hydroxyl groups excluding tert-OH is 2. The van der Waals surface area contributed by atoms with Crippen molar-refractivity contribution in [2.75, 3.05) is 0 Å². The number of allylic oxidation sites excluding steroid dienone is 1. The Morgan fingerprint density at radius 2 is 2.21 bits per heavy atom. The Balaban J connectivity index is 2.19. The highest BCUT2D eigenvalue weighted by molar-refractivity contribution is 5.42. The molecule has 0 saturated carbocycles. The average Bonchev–Trinajstić information content (AvgIpc) is 2.88. The third-order valence-corrected chi connectivity index (χ3v) is 2.30. The SMILES string of the molecule is C=C(C)C#CC1=C[C@@H](O)[C@H]2O[C@H]2[C@@H]1O. The standard InChI is InChI=1S/C11H12O3/c1-6(2)3-4-7-5-8(12)10-11(14-10)9(7)13/h5,8-13H,1H2,2H3/t8-,9-,10-,11+/m1/s1. The first-order valence-corrected chi connectivity index (χ1v) is 4.50. The molecule has 0 amide bonds. The summed E-state index contributed by atoms with van der Waals surface area (Å²) in [4.78, 5) is 0. The maximum absolute atomic E-state index is 9.67. The van der Waals surface area contributed by atoms with Crippen molar-refractivity contribution in [3.8, 4) is 11.8 Å². The van der Waals surface area contributed by atoms with Gasteiger partial charge in [-0.25, -0.2) is 0 Å². The molecule has 74 valence electrons. The van der Waals surface area contributed by atoms with E-state index in [9.17, 15) is 10.2 Å². The van der Waals surface area contributed by atoms with Crippen LogP contribution >= 0.6 is 0 Å². The van der Waals surface area contributed by atoms with Gasteiger partial charge in [-0.2, -0.15) is 0 Å². The molecule has 1 fully saturated rings. The Morgan fingerprint density at radius 1 is 1.50 bits per heavy atom. The minimum absolute atomic E-state index is 0.236. The van der Waals surface area contributed by atoms with Crippen LogP contribution in [0.4, 0.5) is 0 Å². The van der Waals surface area contributed by atoms with Gasteiger partial charge in [0, 0.05) is 5.57 Å². The first-order valence-electron chi connectivity index (χ1n) is 4.50. The molecule has 1 aliphatic heterocycles. The topological polar surface area (TPSA) is 53.0 Å². The first-order chi connectivity index (χ1) is 6.59. The summed E-state index contributed by atoms with van der Waals surface area (Å²) in [5.41, 5.74) is 1.26. The summed E-state index contributed by atoms with van der Waals surface area (Å²) in [6.45, 7) is 5.42. The van der Waals surface area contributed by atoms with E-state index >= 15 is 0 Å². The highest BCUT2D eigenvalue weighted by Gasteiger charge is 2.52. The quantitative estimate of drug-likeness (QED) is 0.419. The summed E-state index contributed by atoms with van der Waals surface area (Å²) in [5.74, 6) is 5.55. The highest BCUT2D eigenvalue weighted by Crippen LogP contribution is 2.36. The van der Waals surface area contributed by atoms with E-state index in [1.165, 1.54) is 0 Å². The third-order valence-electron chi connectivity index (χ3n) is 2.30. The van der Waals surface area contributed by atoms with Crippen LogP contribution in [0.15, 0.2) is 23.8 Å². The molecule has 0 aromatic heterocycles. The van der Waals surface area contributed by atoms with Crippen LogP contribution in [-0.4, -0.2) is 34.6 Å². The zero-order valence-corrected chi connectivity index (χ0v) is 7.90. The predicted molar refractivity (Wildman–Crippen MR) is 51.3 cm³/mol. The van der Waals surface area contributed by atoms with E-state index in [-0.39, 0.29) is 12.2 Å². The van der Waals surface area contributed by atoms with E-state index in [1.807, 2.05) is 0 Å². The van der Waals surface area contributed by atoms with Gasteiger partial charge in [0.05, 0.1) is 0 Å². The van der Waals surface area contributed by atoms with Crippen LogP contribution in [0.2, 0.25) is 0 Å². The number of hydrogen-bond acceptors (Lipinski definition) is 3. The molecule has 0 unspecified atom stereocenters. The second kappa shape index (κ2) is 3.25. The van der Waals surface area contributed by atoms with Gasteiger partial charge in [0.1, 0.15) is 24.4 Å². The second-order valence-electron chi connectivity index (χ2n) is 3.65. The minimum atomic E-state index is -0.699. The number of aliphatic hydroxyl groups is 2. The van der Waals surface area contributed by atoms with Gasteiger partial charge in [-0.05, 0) is 18.6 Å². The molecule has 0 bridgehead atoms. The molecular weight excluding hydrogens is 180 g/mol. The fraction of sp³-hybridized carbons (Fsp3) is 0.455. The maximum Gasteiger partial charge on any atom is 0.118 e. The Bertz CT molecular complexity index is 358. The third kappa shape index (κ3) is 1.60. The molecular formula is C11H12O3. The molecule has 2 rings (SSSR count). The number of epoxide rings is 1. The van der Waals surface area contributed by atoms with Crippen molar-refractivity contribution in [1.82, 2.24) is 0 Å². The molecule has 0 spiro atoms. The van der Waals surface area contributed by atoms with E-state index in [4.69, 9.17) is 4.74 Å². The molecule has 3 nitrogen and oxygen atoms in total. The van der Waals surface area contributed by atoms with E-state index in [0.29, 0.717) is 5.57 Å². The monoisotopic (exact) mass is 192 g/mol. The van der Waals surface area contributed by atoms with Crippen molar-refractivity contribution in [2.24, 2.45) is 0 Å². The fourth-order valence-electron chi connectivity index (χ4n) is 1.51. The average molecular weight is 192 g/mol. The Morgan fingerprint density at radius 3 is 2.86 bits per heavy atom. The van der Waals surface area contributed by atoms with Crippen LogP contribution in [0, 0.1) is 11.8 Å². The Hall–Kier alpha value is -1.08. The summed E-state index contributed by atoms with van der Waals surface area (Å²) >= 11 is 0. The van der Waals surface area contributed by atoms with Crippen molar-refractivity contribution >= 4 is 0 Å². The number of ether oxygens (including phenoxy) is 1. The van der Waals surface area contributed by atoms with Crippen molar-refractivity contribution in [3.05, 3.63) is 23.8 Å². The molecule has 0 radical (unpaired) electrons. The highest BCUT2D eigenvalue weighted by atomic mass is 16.6. The Labute approximate surface area is 82.7 Å². The first kappa shape index (κ1) is 9.47. The molecule has 1 saturated heterocycles. The molecule has 0 aromatic rings. The van der Waals surface area contributed by atoms with Gasteiger partial charge in [0.2, 0.25) is 0 Å². The predicted octanol–water partition coefficient (Wildman–Crippen LogP) is -0.00490. The number of hydrogen-bond donors (Lipinski definition) is 2. The maximum atomic E-state index is 9.67. The van der Waals surface area contributed by atoms with Crippen LogP contribution in [0.5, 0.6) is 0 Å². The molecule has 0 aromatic carbocycles. The Kier molecular flexibility index (Phi) is 2.20. The van der Waals surface area contributed by atoms with Crippen LogP contribution < -0.4 is 0 Å². The van der Waals surface area contributed by atoms with E-state index in [1.54, 1.807) is 13.0 Å². The zero-order chi connectivity index (χ0) is 10.3. The lowest BCUT2D eigenvalue weighted by atomic mass is 9.95. The summed E-state index contributed by atoms with van der Waals surface area (Å²) in [6.07, 6.45) is -0.299. The summed E-state index contributed by atoms with van der Waals surface area (Å²) < 4.78 is 5.10. The molecule has 3 heteroatoms. The van der Waals surface area contributed by atoms with Crippen molar-refractivity contribution in [2.45, 2.75) is 31.3 Å². The molecule has 2 aliphatic rings.